The van der Waals surface area contributed by atoms with Gasteiger partial charge in [0.1, 0.15) is 5.75 Å². The maximum Gasteiger partial charge on any atom is 0.260 e. The summed E-state index contributed by atoms with van der Waals surface area (Å²) in [5, 5.41) is 10.5. The van der Waals surface area contributed by atoms with Crippen molar-refractivity contribution in [3.05, 3.63) is 54.6 Å². The number of fused-ring (bicyclic) bond motifs is 1. The number of hydrogen-bond donors (Lipinski definition) is 0. The first-order chi connectivity index (χ1) is 14.2. The van der Waals surface area contributed by atoms with E-state index in [9.17, 15) is 4.79 Å². The second-order valence-electron chi connectivity index (χ2n) is 6.83. The Kier molecular flexibility index (Phi) is 5.74. The van der Waals surface area contributed by atoms with Gasteiger partial charge in [0.05, 0.1) is 6.61 Å². The molecule has 0 bridgehead atoms. The predicted octanol–water partition coefficient (Wildman–Crippen LogP) is 2.76. The number of carbonyl (C=O) groups is 1. The van der Waals surface area contributed by atoms with Crippen LogP contribution in [0, 0.1) is 0 Å². The molecule has 29 heavy (non-hydrogen) atoms. The molecule has 0 atom stereocenters. The molecule has 0 unspecified atom stereocenters. The zero-order valence-corrected chi connectivity index (χ0v) is 16.5. The summed E-state index contributed by atoms with van der Waals surface area (Å²) >= 11 is 0. The highest BCUT2D eigenvalue weighted by molar-refractivity contribution is 5.84. The topological polar surface area (TPSA) is 67.8 Å². The van der Waals surface area contributed by atoms with E-state index in [4.69, 9.17) is 9.47 Å². The Labute approximate surface area is 169 Å². The Morgan fingerprint density at radius 1 is 0.931 bits per heavy atom. The highest BCUT2D eigenvalue weighted by atomic mass is 16.5. The molecule has 3 aromatic rings. The van der Waals surface area contributed by atoms with Crippen LogP contribution in [0.25, 0.3) is 10.8 Å². The molecule has 2 aromatic carbocycles. The predicted molar refractivity (Wildman–Crippen MR) is 111 cm³/mol. The third-order valence-electron chi connectivity index (χ3n) is 4.96. The first-order valence-electron chi connectivity index (χ1n) is 9.84. The van der Waals surface area contributed by atoms with E-state index >= 15 is 0 Å². The highest BCUT2D eigenvalue weighted by Crippen LogP contribution is 2.21. The van der Waals surface area contributed by atoms with Crippen LogP contribution in [0.15, 0.2) is 54.6 Å². The monoisotopic (exact) mass is 392 g/mol. The van der Waals surface area contributed by atoms with Gasteiger partial charge in [0.15, 0.2) is 12.4 Å². The summed E-state index contributed by atoms with van der Waals surface area (Å²) in [5.74, 6) is 2.03. The Bertz CT molecular complexity index is 969. The Hall–Kier alpha value is -3.35. The smallest absolute Gasteiger partial charge is 0.260 e. The molecule has 1 saturated heterocycles. The van der Waals surface area contributed by atoms with Crippen molar-refractivity contribution in [3.63, 3.8) is 0 Å². The van der Waals surface area contributed by atoms with Crippen molar-refractivity contribution in [1.82, 2.24) is 15.1 Å². The lowest BCUT2D eigenvalue weighted by Gasteiger charge is -2.35. The van der Waals surface area contributed by atoms with Gasteiger partial charge in [-0.05, 0) is 35.9 Å². The molecule has 7 nitrogen and oxygen atoms in total. The first kappa shape index (κ1) is 19.0. The Morgan fingerprint density at radius 2 is 1.72 bits per heavy atom. The number of nitrogens with zero attached hydrogens (tertiary/aromatic N) is 4. The van der Waals surface area contributed by atoms with Crippen LogP contribution < -0.4 is 14.4 Å². The summed E-state index contributed by atoms with van der Waals surface area (Å²) in [6.45, 7) is 5.21. The standard InChI is InChI=1S/C22H24N4O3/c1-2-28-21-10-9-20(23-24-21)25-11-13-26(14-12-25)22(27)16-29-19-8-7-17-5-3-4-6-18(17)15-19/h3-10,15H,2,11-14,16H2,1H3. The summed E-state index contributed by atoms with van der Waals surface area (Å²) in [5.41, 5.74) is 0. The summed E-state index contributed by atoms with van der Waals surface area (Å²) in [7, 11) is 0. The van der Waals surface area contributed by atoms with Crippen LogP contribution in [-0.2, 0) is 4.79 Å². The minimum atomic E-state index is -0.00409. The van der Waals surface area contributed by atoms with E-state index < -0.39 is 0 Å². The quantitative estimate of drug-likeness (QED) is 0.643. The minimum Gasteiger partial charge on any atom is -0.484 e. The second-order valence-corrected chi connectivity index (χ2v) is 6.83. The number of rotatable bonds is 6. The molecular formula is C22H24N4O3. The fraction of sp³-hybridized carbons (Fsp3) is 0.318. The Morgan fingerprint density at radius 3 is 2.45 bits per heavy atom. The molecule has 1 aliphatic heterocycles. The van der Waals surface area contributed by atoms with E-state index in [0.29, 0.717) is 44.4 Å². The fourth-order valence-electron chi connectivity index (χ4n) is 3.39. The number of carbonyl (C=O) groups excluding carboxylic acids is 1. The minimum absolute atomic E-state index is 0.00409. The zero-order chi connectivity index (χ0) is 20.1. The second kappa shape index (κ2) is 8.77. The third kappa shape index (κ3) is 4.56. The number of aromatic nitrogens is 2. The van der Waals surface area contributed by atoms with Crippen molar-refractivity contribution in [2.75, 3.05) is 44.3 Å². The average molecular weight is 392 g/mol. The van der Waals surface area contributed by atoms with Crippen molar-refractivity contribution in [2.45, 2.75) is 6.92 Å². The lowest BCUT2D eigenvalue weighted by molar-refractivity contribution is -0.133. The molecule has 0 N–H and O–H groups in total. The third-order valence-corrected chi connectivity index (χ3v) is 4.96. The molecule has 0 saturated carbocycles. The number of piperazine rings is 1. The van der Waals surface area contributed by atoms with Gasteiger partial charge >= 0.3 is 0 Å². The van der Waals surface area contributed by atoms with Crippen molar-refractivity contribution >= 4 is 22.5 Å². The van der Waals surface area contributed by atoms with Crippen molar-refractivity contribution in [1.29, 1.82) is 0 Å². The van der Waals surface area contributed by atoms with E-state index in [1.807, 2.05) is 60.4 Å². The molecule has 150 valence electrons. The summed E-state index contributed by atoms with van der Waals surface area (Å²) in [6.07, 6.45) is 0. The molecular weight excluding hydrogens is 368 g/mol. The van der Waals surface area contributed by atoms with E-state index in [1.165, 1.54) is 0 Å². The van der Waals surface area contributed by atoms with Crippen LogP contribution in [0.3, 0.4) is 0 Å². The summed E-state index contributed by atoms with van der Waals surface area (Å²) in [4.78, 5) is 16.5. The normalized spacial score (nSPS) is 14.1. The van der Waals surface area contributed by atoms with Crippen LogP contribution in [0.2, 0.25) is 0 Å². The van der Waals surface area contributed by atoms with Gasteiger partial charge < -0.3 is 19.3 Å². The van der Waals surface area contributed by atoms with E-state index in [2.05, 4.69) is 21.2 Å². The molecule has 0 spiro atoms. The molecule has 1 amide bonds. The molecule has 0 radical (unpaired) electrons. The number of amides is 1. The van der Waals surface area contributed by atoms with Crippen LogP contribution in [-0.4, -0.2) is 60.4 Å². The van der Waals surface area contributed by atoms with Gasteiger partial charge in [-0.15, -0.1) is 10.2 Å². The van der Waals surface area contributed by atoms with Crippen LogP contribution in [0.5, 0.6) is 11.6 Å². The molecule has 1 aliphatic rings. The van der Waals surface area contributed by atoms with E-state index in [-0.39, 0.29) is 12.5 Å². The number of benzene rings is 2. The van der Waals surface area contributed by atoms with Gasteiger partial charge in [-0.25, -0.2) is 0 Å². The van der Waals surface area contributed by atoms with Crippen molar-refractivity contribution in [3.8, 4) is 11.6 Å². The van der Waals surface area contributed by atoms with Crippen molar-refractivity contribution < 1.29 is 14.3 Å². The molecule has 7 heteroatoms. The van der Waals surface area contributed by atoms with Gasteiger partial charge in [-0.1, -0.05) is 30.3 Å². The largest absolute Gasteiger partial charge is 0.484 e. The van der Waals surface area contributed by atoms with Gasteiger partial charge in [0.25, 0.3) is 5.91 Å². The average Bonchev–Trinajstić information content (AvgIpc) is 2.78. The number of hydrogen-bond acceptors (Lipinski definition) is 6. The van der Waals surface area contributed by atoms with Crippen LogP contribution >= 0.6 is 0 Å². The van der Waals surface area contributed by atoms with Gasteiger partial charge in [-0.2, -0.15) is 0 Å². The maximum absolute atomic E-state index is 12.5. The maximum atomic E-state index is 12.5. The molecule has 4 rings (SSSR count). The summed E-state index contributed by atoms with van der Waals surface area (Å²) < 4.78 is 11.1. The first-order valence-corrected chi connectivity index (χ1v) is 9.84. The molecule has 0 aliphatic carbocycles. The zero-order valence-electron chi connectivity index (χ0n) is 16.5. The van der Waals surface area contributed by atoms with Gasteiger partial charge in [-0.3, -0.25) is 4.79 Å². The van der Waals surface area contributed by atoms with Crippen molar-refractivity contribution in [2.24, 2.45) is 0 Å². The number of anilines is 1. The summed E-state index contributed by atoms with van der Waals surface area (Å²) in [6, 6.07) is 17.7. The van der Waals surface area contributed by atoms with Gasteiger partial charge in [0.2, 0.25) is 5.88 Å². The van der Waals surface area contributed by atoms with E-state index in [0.717, 1.165) is 16.6 Å². The van der Waals surface area contributed by atoms with Crippen LogP contribution in [0.1, 0.15) is 6.92 Å². The lowest BCUT2D eigenvalue weighted by Crippen LogP contribution is -2.50. The van der Waals surface area contributed by atoms with E-state index in [1.54, 1.807) is 0 Å². The lowest BCUT2D eigenvalue weighted by atomic mass is 10.1. The fourth-order valence-corrected chi connectivity index (χ4v) is 3.39. The highest BCUT2D eigenvalue weighted by Gasteiger charge is 2.22. The SMILES string of the molecule is CCOc1ccc(N2CCN(C(=O)COc3ccc4ccccc4c3)CC2)nn1. The molecule has 2 heterocycles. The van der Waals surface area contributed by atoms with Crippen LogP contribution in [0.4, 0.5) is 5.82 Å². The number of ether oxygens (including phenoxy) is 2. The Balaban J connectivity index is 1.28. The molecule has 1 fully saturated rings. The molecule has 1 aromatic heterocycles. The van der Waals surface area contributed by atoms with Gasteiger partial charge in [0, 0.05) is 32.2 Å².